The van der Waals surface area contributed by atoms with Gasteiger partial charge in [-0.1, -0.05) is 81.4 Å². The zero-order valence-corrected chi connectivity index (χ0v) is 19.1. The molecule has 0 spiro atoms. The molecule has 1 fully saturated rings. The molecule has 0 amide bonds. The Kier molecular flexibility index (Phi) is 7.03. The first-order chi connectivity index (χ1) is 14.3. The van der Waals surface area contributed by atoms with Crippen molar-refractivity contribution in [3.63, 3.8) is 0 Å². The van der Waals surface area contributed by atoms with Crippen LogP contribution in [-0.4, -0.2) is 27.1 Å². The van der Waals surface area contributed by atoms with Gasteiger partial charge in [-0.15, -0.1) is 0 Å². The van der Waals surface area contributed by atoms with Crippen molar-refractivity contribution in [3.8, 4) is 0 Å². The van der Waals surface area contributed by atoms with Crippen LogP contribution in [0.5, 0.6) is 0 Å². The first-order valence-electron chi connectivity index (χ1n) is 11.1. The fraction of sp³-hybridized carbons (Fsp3) is 0.538. The summed E-state index contributed by atoms with van der Waals surface area (Å²) < 4.78 is 13.3. The highest BCUT2D eigenvalue weighted by Gasteiger charge is 2.61. The third-order valence-corrected chi connectivity index (χ3v) is 7.34. The molecule has 0 aliphatic carbocycles. The van der Waals surface area contributed by atoms with Crippen molar-refractivity contribution in [2.75, 3.05) is 0 Å². The Morgan fingerprint density at radius 2 is 1.33 bits per heavy atom. The van der Waals surface area contributed by atoms with Gasteiger partial charge < -0.3 is 14.7 Å². The minimum absolute atomic E-state index is 0.0351. The molecule has 3 atom stereocenters. The van der Waals surface area contributed by atoms with Crippen molar-refractivity contribution in [2.24, 2.45) is 5.92 Å². The van der Waals surface area contributed by atoms with E-state index in [-0.39, 0.29) is 5.92 Å². The second-order valence-corrected chi connectivity index (χ2v) is 9.13. The number of nitrogens with zero attached hydrogens (tertiary/aromatic N) is 1. The first-order valence-corrected chi connectivity index (χ1v) is 11.1. The Labute approximate surface area is 181 Å². The van der Waals surface area contributed by atoms with E-state index >= 15 is 0 Å². The molecule has 1 saturated heterocycles. The highest BCUT2D eigenvalue weighted by atomic mass is 16.7. The van der Waals surface area contributed by atoms with Crippen LogP contribution in [0.25, 0.3) is 0 Å². The highest BCUT2D eigenvalue weighted by Crippen LogP contribution is 2.51. The lowest BCUT2D eigenvalue weighted by atomic mass is 9.67. The number of hydrogen-bond donors (Lipinski definition) is 1. The Morgan fingerprint density at radius 3 is 1.73 bits per heavy atom. The third kappa shape index (κ3) is 4.33. The molecule has 2 aromatic rings. The molecule has 0 bridgehead atoms. The van der Waals surface area contributed by atoms with Gasteiger partial charge in [0.25, 0.3) is 0 Å². The summed E-state index contributed by atoms with van der Waals surface area (Å²) in [6.07, 6.45) is 2.20. The maximum atomic E-state index is 11.2. The number of rotatable bonds is 8. The van der Waals surface area contributed by atoms with E-state index in [1.807, 2.05) is 36.4 Å². The number of piperidine rings is 1. The van der Waals surface area contributed by atoms with Gasteiger partial charge in [0.15, 0.2) is 5.79 Å². The van der Waals surface area contributed by atoms with Crippen LogP contribution >= 0.6 is 0 Å². The quantitative estimate of drug-likeness (QED) is 0.526. The smallest absolute Gasteiger partial charge is 0.175 e. The van der Waals surface area contributed by atoms with Crippen molar-refractivity contribution in [2.45, 2.75) is 84.0 Å². The molecular formula is C26H37NO3. The zero-order chi connectivity index (χ0) is 21.8. The third-order valence-electron chi connectivity index (χ3n) is 7.34. The van der Waals surface area contributed by atoms with Crippen LogP contribution in [0, 0.1) is 5.92 Å². The van der Waals surface area contributed by atoms with E-state index in [0.717, 1.165) is 24.0 Å². The van der Waals surface area contributed by atoms with Crippen molar-refractivity contribution >= 4 is 0 Å². The molecule has 30 heavy (non-hydrogen) atoms. The molecular weight excluding hydrogens is 374 g/mol. The van der Waals surface area contributed by atoms with Gasteiger partial charge in [0.2, 0.25) is 0 Å². The van der Waals surface area contributed by atoms with Crippen molar-refractivity contribution < 1.29 is 14.7 Å². The lowest BCUT2D eigenvalue weighted by Crippen LogP contribution is -2.71. The summed E-state index contributed by atoms with van der Waals surface area (Å²) in [5.41, 5.74) is 1.34. The number of benzene rings is 2. The predicted octanol–water partition coefficient (Wildman–Crippen LogP) is 6.18. The second-order valence-electron chi connectivity index (χ2n) is 9.13. The molecule has 1 aliphatic heterocycles. The molecule has 4 heteroatoms. The molecule has 4 nitrogen and oxygen atoms in total. The Morgan fingerprint density at radius 1 is 0.867 bits per heavy atom. The Hall–Kier alpha value is -1.72. The van der Waals surface area contributed by atoms with E-state index in [4.69, 9.17) is 9.47 Å². The van der Waals surface area contributed by atoms with Crippen LogP contribution in [0.3, 0.4) is 0 Å². The lowest BCUT2D eigenvalue weighted by Gasteiger charge is -2.61. The summed E-state index contributed by atoms with van der Waals surface area (Å²) in [4.78, 5) is 0. The normalized spacial score (nSPS) is 29.1. The fourth-order valence-electron chi connectivity index (χ4n) is 4.72. The van der Waals surface area contributed by atoms with Crippen molar-refractivity contribution in [1.82, 2.24) is 5.06 Å². The van der Waals surface area contributed by atoms with Crippen LogP contribution in [0.4, 0.5) is 0 Å². The summed E-state index contributed by atoms with van der Waals surface area (Å²) in [5.74, 6) is -0.840. The van der Waals surface area contributed by atoms with Gasteiger partial charge in [0.1, 0.15) is 0 Å². The van der Waals surface area contributed by atoms with Crippen LogP contribution in [0.15, 0.2) is 60.7 Å². The minimum Gasteiger partial charge on any atom is -0.345 e. The molecule has 1 N–H and O–H groups in total. The maximum Gasteiger partial charge on any atom is 0.175 e. The zero-order valence-electron chi connectivity index (χ0n) is 19.1. The average molecular weight is 412 g/mol. The molecule has 0 radical (unpaired) electrons. The highest BCUT2D eigenvalue weighted by molar-refractivity contribution is 5.16. The summed E-state index contributed by atoms with van der Waals surface area (Å²) in [7, 11) is 0. The number of ether oxygens (including phenoxy) is 2. The molecule has 0 saturated carbocycles. The van der Waals surface area contributed by atoms with Crippen molar-refractivity contribution in [1.29, 1.82) is 0 Å². The minimum atomic E-state index is -0.805. The lowest BCUT2D eigenvalue weighted by molar-refractivity contribution is -0.380. The van der Waals surface area contributed by atoms with E-state index in [2.05, 4.69) is 58.9 Å². The van der Waals surface area contributed by atoms with E-state index in [0.29, 0.717) is 19.6 Å². The average Bonchev–Trinajstić information content (AvgIpc) is 2.80. The van der Waals surface area contributed by atoms with Gasteiger partial charge in [-0.3, -0.25) is 0 Å². The van der Waals surface area contributed by atoms with Gasteiger partial charge in [-0.05, 0) is 37.8 Å². The summed E-state index contributed by atoms with van der Waals surface area (Å²) in [6, 6.07) is 20.5. The van der Waals surface area contributed by atoms with E-state index in [9.17, 15) is 5.21 Å². The molecule has 164 valence electrons. The van der Waals surface area contributed by atoms with Gasteiger partial charge in [0.05, 0.1) is 18.8 Å². The van der Waals surface area contributed by atoms with Crippen molar-refractivity contribution in [3.05, 3.63) is 71.8 Å². The molecule has 3 unspecified atom stereocenters. The molecule has 3 rings (SSSR count). The molecule has 2 aromatic carbocycles. The largest absolute Gasteiger partial charge is 0.345 e. The van der Waals surface area contributed by atoms with Gasteiger partial charge in [0, 0.05) is 17.9 Å². The number of hydrogen-bond acceptors (Lipinski definition) is 4. The molecule has 1 aliphatic rings. The van der Waals surface area contributed by atoms with Gasteiger partial charge >= 0.3 is 0 Å². The van der Waals surface area contributed by atoms with Gasteiger partial charge in [-0.2, -0.15) is 5.06 Å². The maximum absolute atomic E-state index is 11.2. The molecule has 1 heterocycles. The first kappa shape index (κ1) is 23.0. The Balaban J connectivity index is 1.96. The van der Waals surface area contributed by atoms with E-state index in [1.54, 1.807) is 5.06 Å². The predicted molar refractivity (Wildman–Crippen MR) is 120 cm³/mol. The van der Waals surface area contributed by atoms with E-state index in [1.165, 1.54) is 0 Å². The fourth-order valence-corrected chi connectivity index (χ4v) is 4.72. The van der Waals surface area contributed by atoms with Crippen LogP contribution in [0.1, 0.15) is 65.0 Å². The standard InChI is InChI=1S/C26H37NO3/c1-6-24(4)20-26(21(3)25(5,7-2)27(24)28,29-18-22-14-10-8-11-15-22)30-19-23-16-12-9-13-17-23/h8-17,21,28H,6-7,18-20H2,1-5H3. The van der Waals surface area contributed by atoms with E-state index < -0.39 is 16.9 Å². The SMILES string of the molecule is CCC1(C)CC(OCc2ccccc2)(OCc2ccccc2)C(C)C(C)(CC)N1O. The monoisotopic (exact) mass is 411 g/mol. The Bertz CT molecular complexity index is 753. The van der Waals surface area contributed by atoms with Crippen LogP contribution in [0.2, 0.25) is 0 Å². The van der Waals surface area contributed by atoms with Gasteiger partial charge in [-0.25, -0.2) is 0 Å². The summed E-state index contributed by atoms with van der Waals surface area (Å²) in [5, 5.41) is 12.8. The summed E-state index contributed by atoms with van der Waals surface area (Å²) in [6.45, 7) is 11.6. The summed E-state index contributed by atoms with van der Waals surface area (Å²) >= 11 is 0. The van der Waals surface area contributed by atoms with Crippen LogP contribution in [-0.2, 0) is 22.7 Å². The molecule has 0 aromatic heterocycles. The number of hydroxylamine groups is 2. The second kappa shape index (κ2) is 9.19. The topological polar surface area (TPSA) is 41.9 Å². The van der Waals surface area contributed by atoms with Crippen LogP contribution < -0.4 is 0 Å².